The molecule has 1 amide bonds. The number of hydrogen-bond acceptors (Lipinski definition) is 4. The zero-order valence-corrected chi connectivity index (χ0v) is 17.9. The first-order valence-corrected chi connectivity index (χ1v) is 11.5. The van der Waals surface area contributed by atoms with Crippen molar-refractivity contribution >= 4 is 50.7 Å². The molecule has 2 N–H and O–H groups in total. The number of sulfonamides is 1. The van der Waals surface area contributed by atoms with E-state index in [-0.39, 0.29) is 10.8 Å². The van der Waals surface area contributed by atoms with Gasteiger partial charge in [0.15, 0.2) is 0 Å². The first-order chi connectivity index (χ1) is 13.8. The van der Waals surface area contributed by atoms with Crippen molar-refractivity contribution in [2.75, 3.05) is 10.0 Å². The van der Waals surface area contributed by atoms with E-state index in [0.717, 1.165) is 4.90 Å². The smallest absolute Gasteiger partial charge is 0.261 e. The van der Waals surface area contributed by atoms with Gasteiger partial charge in [0.2, 0.25) is 5.91 Å². The summed E-state index contributed by atoms with van der Waals surface area (Å²) >= 11 is 7.27. The van der Waals surface area contributed by atoms with Crippen LogP contribution >= 0.6 is 23.4 Å². The van der Waals surface area contributed by atoms with E-state index >= 15 is 0 Å². The van der Waals surface area contributed by atoms with Crippen LogP contribution in [0.1, 0.15) is 6.92 Å². The highest BCUT2D eigenvalue weighted by atomic mass is 35.5. The molecule has 0 fully saturated rings. The SMILES string of the molecule is CC(Sc1ccc(Cl)cc1)C(=O)Nc1ccccc1NS(=O)(=O)c1ccccc1. The fourth-order valence-corrected chi connectivity index (χ4v) is 4.58. The maximum atomic E-state index is 12.6. The van der Waals surface area contributed by atoms with Crippen LogP contribution in [0.5, 0.6) is 0 Å². The molecule has 29 heavy (non-hydrogen) atoms. The summed E-state index contributed by atoms with van der Waals surface area (Å²) in [6.45, 7) is 1.78. The Labute approximate surface area is 179 Å². The molecule has 0 saturated heterocycles. The Bertz CT molecular complexity index is 1090. The lowest BCUT2D eigenvalue weighted by molar-refractivity contribution is -0.115. The van der Waals surface area contributed by atoms with Crippen LogP contribution in [-0.2, 0) is 14.8 Å². The van der Waals surface area contributed by atoms with Gasteiger partial charge in [-0.1, -0.05) is 41.9 Å². The van der Waals surface area contributed by atoms with E-state index in [1.165, 1.54) is 23.9 Å². The van der Waals surface area contributed by atoms with Gasteiger partial charge in [-0.05, 0) is 55.5 Å². The van der Waals surface area contributed by atoms with Crippen LogP contribution in [0.3, 0.4) is 0 Å². The fraction of sp³-hybridized carbons (Fsp3) is 0.0952. The van der Waals surface area contributed by atoms with Crippen LogP contribution in [0.2, 0.25) is 5.02 Å². The number of rotatable bonds is 7. The number of amides is 1. The molecule has 3 aromatic rings. The van der Waals surface area contributed by atoms with Gasteiger partial charge in [-0.15, -0.1) is 11.8 Å². The van der Waals surface area contributed by atoms with Crippen molar-refractivity contribution in [3.05, 3.63) is 83.9 Å². The van der Waals surface area contributed by atoms with Crippen LogP contribution in [0.15, 0.2) is 88.7 Å². The van der Waals surface area contributed by atoms with Gasteiger partial charge in [-0.2, -0.15) is 0 Å². The lowest BCUT2D eigenvalue weighted by Gasteiger charge is -2.16. The van der Waals surface area contributed by atoms with Crippen LogP contribution < -0.4 is 10.0 Å². The van der Waals surface area contributed by atoms with Crippen molar-refractivity contribution in [1.29, 1.82) is 0 Å². The minimum Gasteiger partial charge on any atom is -0.323 e. The Morgan fingerprint density at radius 1 is 0.897 bits per heavy atom. The molecule has 1 unspecified atom stereocenters. The molecule has 3 rings (SSSR count). The van der Waals surface area contributed by atoms with Crippen LogP contribution in [0.4, 0.5) is 11.4 Å². The third-order valence-electron chi connectivity index (χ3n) is 3.98. The lowest BCUT2D eigenvalue weighted by Crippen LogP contribution is -2.23. The van der Waals surface area contributed by atoms with Crippen LogP contribution in [0, 0.1) is 0 Å². The molecule has 0 aliphatic heterocycles. The number of hydrogen-bond donors (Lipinski definition) is 2. The summed E-state index contributed by atoms with van der Waals surface area (Å²) in [5, 5.41) is 3.04. The molecule has 1 atom stereocenters. The number of carbonyl (C=O) groups excluding carboxylic acids is 1. The number of anilines is 2. The Morgan fingerprint density at radius 3 is 2.14 bits per heavy atom. The predicted octanol–water partition coefficient (Wildman–Crippen LogP) is 5.26. The highest BCUT2D eigenvalue weighted by Gasteiger charge is 2.19. The Morgan fingerprint density at radius 2 is 1.48 bits per heavy atom. The quantitative estimate of drug-likeness (QED) is 0.485. The van der Waals surface area contributed by atoms with Crippen molar-refractivity contribution in [2.45, 2.75) is 22.0 Å². The van der Waals surface area contributed by atoms with Gasteiger partial charge in [0.1, 0.15) is 0 Å². The zero-order valence-electron chi connectivity index (χ0n) is 15.5. The number of para-hydroxylation sites is 2. The van der Waals surface area contributed by atoms with Gasteiger partial charge < -0.3 is 5.32 Å². The highest BCUT2D eigenvalue weighted by Crippen LogP contribution is 2.28. The molecule has 8 heteroatoms. The van der Waals surface area contributed by atoms with Crippen molar-refractivity contribution < 1.29 is 13.2 Å². The molecular weight excluding hydrogens is 428 g/mol. The molecule has 150 valence electrons. The fourth-order valence-electron chi connectivity index (χ4n) is 2.49. The highest BCUT2D eigenvalue weighted by molar-refractivity contribution is 8.00. The molecule has 0 aliphatic carbocycles. The summed E-state index contributed by atoms with van der Waals surface area (Å²) in [4.78, 5) is 13.7. The van der Waals surface area contributed by atoms with Gasteiger partial charge in [0.25, 0.3) is 10.0 Å². The second kappa shape index (κ2) is 9.35. The summed E-state index contributed by atoms with van der Waals surface area (Å²) in [5.74, 6) is -0.240. The van der Waals surface area contributed by atoms with Crippen molar-refractivity contribution in [3.8, 4) is 0 Å². The molecule has 5 nitrogen and oxygen atoms in total. The standard InChI is InChI=1S/C21H19ClN2O3S2/c1-15(28-17-13-11-16(22)12-14-17)21(25)23-19-9-5-6-10-20(19)24-29(26,27)18-7-3-2-4-8-18/h2-15,24H,1H3,(H,23,25). The van der Waals surface area contributed by atoms with Crippen LogP contribution in [0.25, 0.3) is 0 Å². The van der Waals surface area contributed by atoms with E-state index in [2.05, 4.69) is 10.0 Å². The molecule has 0 heterocycles. The minimum absolute atomic E-state index is 0.146. The van der Waals surface area contributed by atoms with Crippen molar-refractivity contribution in [2.24, 2.45) is 0 Å². The van der Waals surface area contributed by atoms with Gasteiger partial charge in [0, 0.05) is 9.92 Å². The predicted molar refractivity (Wildman–Crippen MR) is 119 cm³/mol. The van der Waals surface area contributed by atoms with Gasteiger partial charge in [0.05, 0.1) is 21.5 Å². The summed E-state index contributed by atoms with van der Waals surface area (Å²) < 4.78 is 27.7. The normalized spacial score (nSPS) is 12.2. The third-order valence-corrected chi connectivity index (χ3v) is 6.72. The Kier molecular flexibility index (Phi) is 6.84. The molecule has 0 saturated carbocycles. The molecule has 3 aromatic carbocycles. The van der Waals surface area contributed by atoms with E-state index in [1.807, 2.05) is 12.1 Å². The second-order valence-corrected chi connectivity index (χ2v) is 9.70. The van der Waals surface area contributed by atoms with Gasteiger partial charge >= 0.3 is 0 Å². The number of thioether (sulfide) groups is 1. The van der Waals surface area contributed by atoms with Gasteiger partial charge in [-0.25, -0.2) is 8.42 Å². The molecule has 0 bridgehead atoms. The first kappa shape index (κ1) is 21.2. The third kappa shape index (κ3) is 5.76. The first-order valence-electron chi connectivity index (χ1n) is 8.75. The zero-order chi connectivity index (χ0) is 20.9. The maximum absolute atomic E-state index is 12.6. The summed E-state index contributed by atoms with van der Waals surface area (Å²) in [7, 11) is -3.76. The van der Waals surface area contributed by atoms with Crippen molar-refractivity contribution in [3.63, 3.8) is 0 Å². The van der Waals surface area contributed by atoms with Crippen LogP contribution in [-0.4, -0.2) is 19.6 Å². The summed E-state index contributed by atoms with van der Waals surface area (Å²) in [5.41, 5.74) is 0.689. The van der Waals surface area contributed by atoms with Crippen molar-refractivity contribution in [1.82, 2.24) is 0 Å². The number of nitrogens with one attached hydrogen (secondary N) is 2. The largest absolute Gasteiger partial charge is 0.323 e. The Hall–Kier alpha value is -2.48. The monoisotopic (exact) mass is 446 g/mol. The minimum atomic E-state index is -3.76. The maximum Gasteiger partial charge on any atom is 0.261 e. The number of halogens is 1. The van der Waals surface area contributed by atoms with E-state index in [9.17, 15) is 13.2 Å². The second-order valence-electron chi connectivity index (χ2n) is 6.17. The summed E-state index contributed by atoms with van der Waals surface area (Å²) in [6.07, 6.45) is 0. The molecular formula is C21H19ClN2O3S2. The topological polar surface area (TPSA) is 75.3 Å². The molecule has 0 aromatic heterocycles. The van der Waals surface area contributed by atoms with E-state index < -0.39 is 15.3 Å². The van der Waals surface area contributed by atoms with Gasteiger partial charge in [-0.3, -0.25) is 9.52 Å². The number of carbonyl (C=O) groups is 1. The number of benzene rings is 3. The average Bonchev–Trinajstić information content (AvgIpc) is 2.71. The molecule has 0 radical (unpaired) electrons. The van der Waals surface area contributed by atoms with E-state index in [0.29, 0.717) is 16.4 Å². The Balaban J connectivity index is 1.73. The molecule has 0 spiro atoms. The average molecular weight is 447 g/mol. The molecule has 0 aliphatic rings. The van der Waals surface area contributed by atoms with E-state index in [4.69, 9.17) is 11.6 Å². The van der Waals surface area contributed by atoms with E-state index in [1.54, 1.807) is 61.5 Å². The summed E-state index contributed by atoms with van der Waals surface area (Å²) in [6, 6.07) is 22.0. The lowest BCUT2D eigenvalue weighted by atomic mass is 10.2.